The van der Waals surface area contributed by atoms with Crippen molar-refractivity contribution in [1.29, 1.82) is 0 Å². The molecule has 0 radical (unpaired) electrons. The summed E-state index contributed by atoms with van der Waals surface area (Å²) >= 11 is 0. The molecular weight excluding hydrogens is 444 g/mol. The molecule has 0 spiro atoms. The number of anilines is 1. The van der Waals surface area contributed by atoms with Gasteiger partial charge in [0.25, 0.3) is 0 Å². The van der Waals surface area contributed by atoms with Crippen LogP contribution in [0, 0.1) is 5.92 Å². The second-order valence-electron chi connectivity index (χ2n) is 8.52. The fourth-order valence-electron chi connectivity index (χ4n) is 3.55. The normalized spacial score (nSPS) is 11.8. The highest BCUT2D eigenvalue weighted by molar-refractivity contribution is 5.89. The van der Waals surface area contributed by atoms with E-state index in [1.807, 2.05) is 0 Å². The van der Waals surface area contributed by atoms with Crippen LogP contribution in [0.4, 0.5) is 5.69 Å². The summed E-state index contributed by atoms with van der Waals surface area (Å²) in [5.74, 6) is -1.95. The molecular formula is C28H40N2O5. The van der Waals surface area contributed by atoms with Gasteiger partial charge in [0.2, 0.25) is 0 Å². The van der Waals surface area contributed by atoms with Gasteiger partial charge in [0.15, 0.2) is 0 Å². The van der Waals surface area contributed by atoms with Crippen LogP contribution in [-0.4, -0.2) is 65.9 Å². The molecule has 2 N–H and O–H groups in total. The highest BCUT2D eigenvalue weighted by atomic mass is 16.5. The zero-order valence-corrected chi connectivity index (χ0v) is 21.3. The van der Waals surface area contributed by atoms with Gasteiger partial charge in [0.1, 0.15) is 0 Å². The second-order valence-corrected chi connectivity index (χ2v) is 8.52. The lowest BCUT2D eigenvalue weighted by Gasteiger charge is -2.35. The van der Waals surface area contributed by atoms with E-state index in [0.29, 0.717) is 24.1 Å². The van der Waals surface area contributed by atoms with Crippen LogP contribution in [0.25, 0.3) is 0 Å². The number of carbonyl (C=O) groups is 2. The third kappa shape index (κ3) is 13.3. The van der Waals surface area contributed by atoms with Gasteiger partial charge in [-0.2, -0.15) is 0 Å². The molecule has 1 atom stereocenters. The number of nitrogens with zero attached hydrogens (tertiary/aromatic N) is 2. The van der Waals surface area contributed by atoms with Gasteiger partial charge in [-0.1, -0.05) is 76.2 Å². The van der Waals surface area contributed by atoms with E-state index >= 15 is 0 Å². The summed E-state index contributed by atoms with van der Waals surface area (Å²) in [7, 11) is 0. The van der Waals surface area contributed by atoms with Crippen molar-refractivity contribution in [1.82, 2.24) is 4.90 Å². The number of hydrogen-bond donors (Lipinski definition) is 2. The number of aliphatic carboxylic acids is 2. The third-order valence-corrected chi connectivity index (χ3v) is 5.23. The summed E-state index contributed by atoms with van der Waals surface area (Å²) in [6.07, 6.45) is 1.12. The Morgan fingerprint density at radius 2 is 1.37 bits per heavy atom. The molecule has 2 aromatic rings. The number of hydrogen-bond acceptors (Lipinski definition) is 5. The number of benzene rings is 2. The van der Waals surface area contributed by atoms with Crippen molar-refractivity contribution in [3.8, 4) is 0 Å². The van der Waals surface area contributed by atoms with Crippen LogP contribution >= 0.6 is 0 Å². The smallest absolute Gasteiger partial charge is 0.328 e. The summed E-state index contributed by atoms with van der Waals surface area (Å²) in [6.45, 7) is 14.4. The van der Waals surface area contributed by atoms with Crippen molar-refractivity contribution >= 4 is 17.6 Å². The van der Waals surface area contributed by atoms with E-state index in [4.69, 9.17) is 14.9 Å². The van der Waals surface area contributed by atoms with Crippen LogP contribution in [0.15, 0.2) is 72.8 Å². The molecule has 0 saturated carbocycles. The van der Waals surface area contributed by atoms with Crippen LogP contribution in [0.3, 0.4) is 0 Å². The Kier molecular flexibility index (Phi) is 14.8. The molecule has 0 aromatic heterocycles. The Bertz CT molecular complexity index is 851. The van der Waals surface area contributed by atoms with Gasteiger partial charge in [0.05, 0.1) is 12.6 Å². The molecule has 192 valence electrons. The third-order valence-electron chi connectivity index (χ3n) is 5.23. The number of carboxylic acids is 2. The van der Waals surface area contributed by atoms with Crippen molar-refractivity contribution in [2.45, 2.75) is 40.3 Å². The summed E-state index contributed by atoms with van der Waals surface area (Å²) in [6, 6.07) is 21.8. The van der Waals surface area contributed by atoms with Crippen molar-refractivity contribution < 1.29 is 24.5 Å². The summed E-state index contributed by atoms with van der Waals surface area (Å²) in [5, 5.41) is 15.6. The molecule has 0 saturated heterocycles. The van der Waals surface area contributed by atoms with Gasteiger partial charge in [-0.05, 0) is 36.7 Å². The predicted molar refractivity (Wildman–Crippen MR) is 141 cm³/mol. The largest absolute Gasteiger partial charge is 0.478 e. The maximum Gasteiger partial charge on any atom is 0.328 e. The summed E-state index contributed by atoms with van der Waals surface area (Å²) in [5.41, 5.74) is 2.60. The first-order valence-corrected chi connectivity index (χ1v) is 12.1. The number of carboxylic acid groups (broad SMARTS) is 2. The maximum atomic E-state index is 9.55. The first-order chi connectivity index (χ1) is 16.8. The Morgan fingerprint density at radius 1 is 0.857 bits per heavy atom. The molecule has 0 aliphatic heterocycles. The van der Waals surface area contributed by atoms with Gasteiger partial charge >= 0.3 is 11.9 Å². The Morgan fingerprint density at radius 3 is 1.83 bits per heavy atom. The van der Waals surface area contributed by atoms with E-state index in [-0.39, 0.29) is 0 Å². The quantitative estimate of drug-likeness (QED) is 0.373. The maximum absolute atomic E-state index is 9.55. The van der Waals surface area contributed by atoms with E-state index < -0.39 is 11.9 Å². The van der Waals surface area contributed by atoms with Crippen LogP contribution in [0.5, 0.6) is 0 Å². The summed E-state index contributed by atoms with van der Waals surface area (Å²) in [4.78, 5) is 24.1. The van der Waals surface area contributed by atoms with Crippen LogP contribution in [0.2, 0.25) is 0 Å². The molecule has 1 unspecified atom stereocenters. The minimum Gasteiger partial charge on any atom is -0.478 e. The molecule has 2 rings (SSSR count). The molecule has 0 aliphatic rings. The lowest BCUT2D eigenvalue weighted by atomic mass is 10.1. The van der Waals surface area contributed by atoms with Crippen LogP contribution in [0.1, 0.15) is 33.3 Å². The predicted octanol–water partition coefficient (Wildman–Crippen LogP) is 4.79. The Labute approximate surface area is 209 Å². The molecule has 7 heteroatoms. The molecule has 0 bridgehead atoms. The molecule has 0 fully saturated rings. The fraction of sp³-hybridized carbons (Fsp3) is 0.429. The van der Waals surface area contributed by atoms with E-state index in [0.717, 1.165) is 39.4 Å². The highest BCUT2D eigenvalue weighted by Gasteiger charge is 2.20. The van der Waals surface area contributed by atoms with Crippen molar-refractivity contribution in [3.63, 3.8) is 0 Å². The minimum atomic E-state index is -1.26. The van der Waals surface area contributed by atoms with Crippen molar-refractivity contribution in [2.75, 3.05) is 37.7 Å². The Balaban J connectivity index is 0.000000658. The Hall–Kier alpha value is -3.16. The van der Waals surface area contributed by atoms with Gasteiger partial charge < -0.3 is 19.8 Å². The zero-order valence-electron chi connectivity index (χ0n) is 21.3. The lowest BCUT2D eigenvalue weighted by molar-refractivity contribution is -0.134. The molecule has 2 aromatic carbocycles. The fourth-order valence-corrected chi connectivity index (χ4v) is 3.55. The molecule has 0 aliphatic carbocycles. The first kappa shape index (κ1) is 29.9. The van der Waals surface area contributed by atoms with E-state index in [1.165, 1.54) is 11.3 Å². The van der Waals surface area contributed by atoms with Gasteiger partial charge in [-0.15, -0.1) is 0 Å². The average Bonchev–Trinajstić information content (AvgIpc) is 2.84. The van der Waals surface area contributed by atoms with E-state index in [2.05, 4.69) is 98.2 Å². The van der Waals surface area contributed by atoms with Crippen molar-refractivity contribution in [3.05, 3.63) is 78.4 Å². The zero-order chi connectivity index (χ0) is 26.1. The van der Waals surface area contributed by atoms with Crippen LogP contribution < -0.4 is 4.90 Å². The highest BCUT2D eigenvalue weighted by Crippen LogP contribution is 2.19. The monoisotopic (exact) mass is 484 g/mol. The topological polar surface area (TPSA) is 90.3 Å². The number of likely N-dealkylation sites (N-methyl/N-ethyl adjacent to an activating group) is 1. The lowest BCUT2D eigenvalue weighted by Crippen LogP contribution is -2.46. The van der Waals surface area contributed by atoms with Crippen LogP contribution in [-0.2, 0) is 20.9 Å². The van der Waals surface area contributed by atoms with Gasteiger partial charge in [-0.3, -0.25) is 4.90 Å². The number of ether oxygens (including phenoxy) is 1. The van der Waals surface area contributed by atoms with E-state index in [9.17, 15) is 9.59 Å². The summed E-state index contributed by atoms with van der Waals surface area (Å²) < 4.78 is 6.06. The molecule has 0 heterocycles. The molecule has 35 heavy (non-hydrogen) atoms. The number of rotatable bonds is 14. The second kappa shape index (κ2) is 17.3. The minimum absolute atomic E-state index is 0.377. The SMILES string of the molecule is CCN(CC)C(COCC(C)C)CN(Cc1ccccc1)c1ccccc1.O=C(O)/C=C/C(=O)O. The average molecular weight is 485 g/mol. The van der Waals surface area contributed by atoms with Gasteiger partial charge in [-0.25, -0.2) is 9.59 Å². The van der Waals surface area contributed by atoms with E-state index in [1.54, 1.807) is 0 Å². The molecule has 0 amide bonds. The van der Waals surface area contributed by atoms with Gasteiger partial charge in [0, 0.05) is 37.5 Å². The first-order valence-electron chi connectivity index (χ1n) is 12.1. The molecule has 7 nitrogen and oxygen atoms in total. The standard InChI is InChI=1S/C24H36N2O.C4H4O4/c1-5-25(6-2)24(20-27-19-21(3)4)18-26(23-15-11-8-12-16-23)17-22-13-9-7-10-14-22;5-3(6)1-2-4(7)8/h7-16,21,24H,5-6,17-20H2,1-4H3;1-2H,(H,5,6)(H,7,8)/b;2-1+. The van der Waals surface area contributed by atoms with Crippen molar-refractivity contribution in [2.24, 2.45) is 5.92 Å². The number of para-hydroxylation sites is 1.